The highest BCUT2D eigenvalue weighted by atomic mass is 35.5. The van der Waals surface area contributed by atoms with Crippen molar-refractivity contribution in [3.63, 3.8) is 0 Å². The smallest absolute Gasteiger partial charge is 0.168 e. The van der Waals surface area contributed by atoms with Crippen LogP contribution in [0.3, 0.4) is 0 Å². The van der Waals surface area contributed by atoms with E-state index in [0.29, 0.717) is 6.61 Å². The van der Waals surface area contributed by atoms with Crippen molar-refractivity contribution in [3.8, 4) is 5.75 Å². The van der Waals surface area contributed by atoms with Crippen LogP contribution in [-0.4, -0.2) is 25.5 Å². The van der Waals surface area contributed by atoms with Gasteiger partial charge in [-0.2, -0.15) is 0 Å². The molecule has 0 saturated carbocycles. The number of Topliss-reactive ketones (excluding diaryl/α,β-unsaturated/α-hetero) is 1. The third-order valence-electron chi connectivity index (χ3n) is 6.23. The van der Waals surface area contributed by atoms with Gasteiger partial charge in [0.25, 0.3) is 0 Å². The van der Waals surface area contributed by atoms with Gasteiger partial charge in [0.05, 0.1) is 0 Å². The minimum absolute atomic E-state index is 0. The highest BCUT2D eigenvalue weighted by Gasteiger charge is 2.40. The Labute approximate surface area is 207 Å². The van der Waals surface area contributed by atoms with Crippen molar-refractivity contribution >= 4 is 29.8 Å². The minimum atomic E-state index is -0.422. The van der Waals surface area contributed by atoms with Gasteiger partial charge in [0, 0.05) is 28.5 Å². The number of carbonyl (C=O) groups excluding carboxylic acids is 1. The third kappa shape index (κ3) is 6.17. The number of fused-ring (bicyclic) bond motifs is 1. The van der Waals surface area contributed by atoms with E-state index >= 15 is 0 Å². The normalized spacial score (nSPS) is 16.6. The van der Waals surface area contributed by atoms with Crippen molar-refractivity contribution < 1.29 is 9.53 Å². The number of hydrogen-bond donors (Lipinski definition) is 1. The molecule has 33 heavy (non-hydrogen) atoms. The summed E-state index contributed by atoms with van der Waals surface area (Å²) in [6, 6.07) is 24.4. The molecule has 174 valence electrons. The van der Waals surface area contributed by atoms with Gasteiger partial charge in [-0.05, 0) is 60.3 Å². The molecule has 5 heteroatoms. The van der Waals surface area contributed by atoms with Crippen LogP contribution in [0.5, 0.6) is 5.75 Å². The second kappa shape index (κ2) is 11.2. The fraction of sp³-hybridized carbons (Fsp3) is 0.321. The molecule has 0 spiro atoms. The molecular weight excluding hydrogens is 453 g/mol. The summed E-state index contributed by atoms with van der Waals surface area (Å²) in [5, 5.41) is 4.14. The first kappa shape index (κ1) is 25.3. The predicted octanol–water partition coefficient (Wildman–Crippen LogP) is 6.72. The summed E-state index contributed by atoms with van der Waals surface area (Å²) in [5.41, 5.74) is 3.94. The summed E-state index contributed by atoms with van der Waals surface area (Å²) in [6.45, 7) is 6.30. The second-order valence-electron chi connectivity index (χ2n) is 9.10. The molecule has 3 nitrogen and oxygen atoms in total. The van der Waals surface area contributed by atoms with Crippen LogP contribution in [0.1, 0.15) is 53.2 Å². The third-order valence-corrected chi connectivity index (χ3v) is 6.48. The molecule has 1 atom stereocenters. The van der Waals surface area contributed by atoms with Crippen LogP contribution in [0.2, 0.25) is 5.02 Å². The first-order valence-electron chi connectivity index (χ1n) is 11.3. The number of halogens is 2. The Bertz CT molecular complexity index is 1070. The van der Waals surface area contributed by atoms with Crippen molar-refractivity contribution in [1.82, 2.24) is 5.32 Å². The van der Waals surface area contributed by atoms with E-state index < -0.39 is 5.41 Å². The molecule has 0 aromatic heterocycles. The number of ether oxygens (including phenoxy) is 1. The lowest BCUT2D eigenvalue weighted by molar-refractivity contribution is 0.0801. The van der Waals surface area contributed by atoms with Gasteiger partial charge in [-0.15, -0.1) is 12.4 Å². The van der Waals surface area contributed by atoms with Crippen LogP contribution in [0.4, 0.5) is 0 Å². The molecule has 0 fully saturated rings. The zero-order chi connectivity index (χ0) is 22.6. The van der Waals surface area contributed by atoms with E-state index in [-0.39, 0.29) is 24.1 Å². The lowest BCUT2D eigenvalue weighted by atomic mass is 9.66. The molecule has 0 bridgehead atoms. The highest BCUT2D eigenvalue weighted by molar-refractivity contribution is 6.30. The molecule has 0 radical (unpaired) electrons. The molecule has 0 heterocycles. The van der Waals surface area contributed by atoms with Gasteiger partial charge in [0.2, 0.25) is 0 Å². The zero-order valence-electron chi connectivity index (χ0n) is 19.1. The highest BCUT2D eigenvalue weighted by Crippen LogP contribution is 2.46. The lowest BCUT2D eigenvalue weighted by Gasteiger charge is -2.36. The van der Waals surface area contributed by atoms with Gasteiger partial charge in [-0.25, -0.2) is 0 Å². The van der Waals surface area contributed by atoms with Crippen LogP contribution in [0.15, 0.2) is 72.8 Å². The molecule has 1 N–H and O–H groups in total. The molecule has 3 aromatic carbocycles. The van der Waals surface area contributed by atoms with E-state index in [1.165, 1.54) is 11.1 Å². The van der Waals surface area contributed by atoms with Gasteiger partial charge in [0.1, 0.15) is 12.4 Å². The van der Waals surface area contributed by atoms with Crippen molar-refractivity contribution in [2.75, 3.05) is 19.7 Å². The van der Waals surface area contributed by atoms with E-state index in [0.717, 1.165) is 47.8 Å². The van der Waals surface area contributed by atoms with Crippen LogP contribution >= 0.6 is 24.0 Å². The quantitative estimate of drug-likeness (QED) is 0.361. The van der Waals surface area contributed by atoms with Gasteiger partial charge in [-0.1, -0.05) is 74.0 Å². The molecule has 0 saturated heterocycles. The van der Waals surface area contributed by atoms with Crippen LogP contribution in [-0.2, 0) is 6.42 Å². The van der Waals surface area contributed by atoms with Gasteiger partial charge >= 0.3 is 0 Å². The van der Waals surface area contributed by atoms with E-state index in [1.807, 2.05) is 44.2 Å². The summed E-state index contributed by atoms with van der Waals surface area (Å²) in [7, 11) is 0. The summed E-state index contributed by atoms with van der Waals surface area (Å²) < 4.78 is 5.97. The molecule has 4 rings (SSSR count). The number of benzene rings is 3. The SMILES string of the molecule is CC1(C)CC(c2ccc(Cl)cc2)c2ccc(OCCNCCc3ccccc3)cc2C1=O.Cl. The van der Waals surface area contributed by atoms with Gasteiger partial charge in [0.15, 0.2) is 5.78 Å². The van der Waals surface area contributed by atoms with Crippen molar-refractivity contribution in [2.24, 2.45) is 5.41 Å². The van der Waals surface area contributed by atoms with Crippen molar-refractivity contribution in [1.29, 1.82) is 0 Å². The number of carbonyl (C=O) groups is 1. The molecule has 3 aromatic rings. The van der Waals surface area contributed by atoms with E-state index in [1.54, 1.807) is 0 Å². The maximum Gasteiger partial charge on any atom is 0.168 e. The van der Waals surface area contributed by atoms with Gasteiger partial charge < -0.3 is 10.1 Å². The maximum atomic E-state index is 13.2. The monoisotopic (exact) mass is 483 g/mol. The standard InChI is InChI=1S/C28H30ClNO2.ClH/c1-28(2)19-26(21-8-10-22(29)11-9-21)24-13-12-23(18-25(24)27(28)31)32-17-16-30-15-14-20-6-4-3-5-7-20;/h3-13,18,26,30H,14-17,19H2,1-2H3;1H. The number of hydrogen-bond acceptors (Lipinski definition) is 3. The molecule has 1 aliphatic carbocycles. The van der Waals surface area contributed by atoms with Crippen LogP contribution in [0, 0.1) is 5.41 Å². The molecule has 1 aliphatic rings. The zero-order valence-corrected chi connectivity index (χ0v) is 20.7. The predicted molar refractivity (Wildman–Crippen MR) is 138 cm³/mol. The average Bonchev–Trinajstić information content (AvgIpc) is 2.80. The Hall–Kier alpha value is -2.33. The molecule has 0 amide bonds. The van der Waals surface area contributed by atoms with Crippen LogP contribution in [0.25, 0.3) is 0 Å². The summed E-state index contributed by atoms with van der Waals surface area (Å²) in [6.07, 6.45) is 1.78. The fourth-order valence-corrected chi connectivity index (χ4v) is 4.57. The average molecular weight is 484 g/mol. The fourth-order valence-electron chi connectivity index (χ4n) is 4.44. The Morgan fingerprint density at radius 1 is 1.00 bits per heavy atom. The minimum Gasteiger partial charge on any atom is -0.492 e. The summed E-state index contributed by atoms with van der Waals surface area (Å²) in [4.78, 5) is 13.2. The van der Waals surface area contributed by atoms with Crippen molar-refractivity contribution in [3.05, 3.63) is 100 Å². The largest absolute Gasteiger partial charge is 0.492 e. The first-order valence-corrected chi connectivity index (χ1v) is 11.6. The topological polar surface area (TPSA) is 38.3 Å². The number of ketones is 1. The Morgan fingerprint density at radius 2 is 1.73 bits per heavy atom. The first-order chi connectivity index (χ1) is 15.4. The number of nitrogens with one attached hydrogen (secondary N) is 1. The van der Waals surface area contributed by atoms with E-state index in [4.69, 9.17) is 16.3 Å². The van der Waals surface area contributed by atoms with Crippen molar-refractivity contribution in [2.45, 2.75) is 32.6 Å². The molecule has 1 unspecified atom stereocenters. The Kier molecular flexibility index (Phi) is 8.58. The lowest BCUT2D eigenvalue weighted by Crippen LogP contribution is -2.33. The molecule has 0 aliphatic heterocycles. The Morgan fingerprint density at radius 3 is 2.45 bits per heavy atom. The van der Waals surface area contributed by atoms with E-state index in [2.05, 4.69) is 47.8 Å². The second-order valence-corrected chi connectivity index (χ2v) is 9.54. The Balaban J connectivity index is 0.00000306. The summed E-state index contributed by atoms with van der Waals surface area (Å²) >= 11 is 6.09. The number of rotatable bonds is 8. The van der Waals surface area contributed by atoms with Crippen LogP contribution < -0.4 is 10.1 Å². The summed E-state index contributed by atoms with van der Waals surface area (Å²) in [5.74, 6) is 1.10. The van der Waals surface area contributed by atoms with E-state index in [9.17, 15) is 4.79 Å². The van der Waals surface area contributed by atoms with Gasteiger partial charge in [-0.3, -0.25) is 4.79 Å². The maximum absolute atomic E-state index is 13.2. The molecular formula is C28H31Cl2NO2.